The Hall–Kier alpha value is -3.54. The lowest BCUT2D eigenvalue weighted by Gasteiger charge is -2.26. The van der Waals surface area contributed by atoms with E-state index in [1.807, 2.05) is 24.3 Å². The van der Waals surface area contributed by atoms with E-state index in [9.17, 15) is 5.11 Å². The van der Waals surface area contributed by atoms with E-state index in [1.54, 1.807) is 13.2 Å². The van der Waals surface area contributed by atoms with Gasteiger partial charge in [-0.05, 0) is 88.7 Å². The highest BCUT2D eigenvalue weighted by atomic mass is 16.5. The highest BCUT2D eigenvalue weighted by Gasteiger charge is 2.15. The van der Waals surface area contributed by atoms with Crippen molar-refractivity contribution in [2.45, 2.75) is 19.8 Å². The number of aromatic hydroxyl groups is 1. The van der Waals surface area contributed by atoms with E-state index in [1.165, 1.54) is 16.7 Å². The first-order valence-corrected chi connectivity index (χ1v) is 13.0. The molecule has 37 heavy (non-hydrogen) atoms. The van der Waals surface area contributed by atoms with Crippen LogP contribution in [-0.2, 0) is 11.2 Å². The predicted octanol–water partition coefficient (Wildman–Crippen LogP) is 6.22. The quantitative estimate of drug-likeness (QED) is 0.278. The SMILES string of the molecule is COc1cccc(-c2ccc3cc(O)ccc3c2Cc2ccc(OCCCN3CCOCC3)cc2)c1C. The molecule has 4 aromatic rings. The number of phenolic OH excluding ortho intramolecular Hbond substituents is 1. The average Bonchev–Trinajstić information content (AvgIpc) is 2.93. The Morgan fingerprint density at radius 2 is 1.73 bits per heavy atom. The monoisotopic (exact) mass is 497 g/mol. The summed E-state index contributed by atoms with van der Waals surface area (Å²) < 4.78 is 17.0. The molecule has 0 spiro atoms. The second-order valence-electron chi connectivity index (χ2n) is 9.61. The van der Waals surface area contributed by atoms with Crippen molar-refractivity contribution in [3.8, 4) is 28.4 Å². The van der Waals surface area contributed by atoms with Crippen molar-refractivity contribution >= 4 is 10.8 Å². The number of hydrogen-bond donors (Lipinski definition) is 1. The molecule has 0 unspecified atom stereocenters. The summed E-state index contributed by atoms with van der Waals surface area (Å²) in [5.74, 6) is 2.06. The first-order valence-electron chi connectivity index (χ1n) is 13.0. The van der Waals surface area contributed by atoms with Crippen LogP contribution in [0.1, 0.15) is 23.1 Å². The van der Waals surface area contributed by atoms with E-state index in [4.69, 9.17) is 14.2 Å². The number of fused-ring (bicyclic) bond motifs is 1. The fourth-order valence-electron chi connectivity index (χ4n) is 5.16. The van der Waals surface area contributed by atoms with Crippen molar-refractivity contribution in [3.63, 3.8) is 0 Å². The average molecular weight is 498 g/mol. The smallest absolute Gasteiger partial charge is 0.122 e. The third-order valence-corrected chi connectivity index (χ3v) is 7.20. The summed E-state index contributed by atoms with van der Waals surface area (Å²) in [7, 11) is 1.71. The lowest BCUT2D eigenvalue weighted by atomic mass is 9.88. The Bertz CT molecular complexity index is 1340. The number of phenols is 1. The number of nitrogens with zero attached hydrogens (tertiary/aromatic N) is 1. The largest absolute Gasteiger partial charge is 0.508 e. The van der Waals surface area contributed by atoms with E-state index in [0.717, 1.165) is 79.1 Å². The van der Waals surface area contributed by atoms with Gasteiger partial charge in [-0.25, -0.2) is 0 Å². The molecule has 0 amide bonds. The lowest BCUT2D eigenvalue weighted by Crippen LogP contribution is -2.37. The Morgan fingerprint density at radius 3 is 2.51 bits per heavy atom. The molecule has 1 aliphatic rings. The van der Waals surface area contributed by atoms with Gasteiger partial charge >= 0.3 is 0 Å². The summed E-state index contributed by atoms with van der Waals surface area (Å²) >= 11 is 0. The van der Waals surface area contributed by atoms with Crippen LogP contribution >= 0.6 is 0 Å². The molecule has 0 atom stereocenters. The van der Waals surface area contributed by atoms with Gasteiger partial charge in [-0.1, -0.05) is 42.5 Å². The fourth-order valence-corrected chi connectivity index (χ4v) is 5.16. The van der Waals surface area contributed by atoms with Crippen LogP contribution in [0.25, 0.3) is 21.9 Å². The second-order valence-corrected chi connectivity index (χ2v) is 9.61. The van der Waals surface area contributed by atoms with Crippen LogP contribution in [0.15, 0.2) is 72.8 Å². The zero-order valence-electron chi connectivity index (χ0n) is 21.7. The molecule has 0 radical (unpaired) electrons. The molecule has 1 fully saturated rings. The molecule has 0 aliphatic carbocycles. The standard InChI is InChI=1S/C32H35NO4/c1-23-28(5-3-6-32(23)35-2)30-13-9-25-22-26(34)10-14-29(25)31(30)21-24-7-11-27(12-8-24)37-18-4-15-33-16-19-36-20-17-33/h3,5-14,22,34H,4,15-21H2,1-2H3. The number of methoxy groups -OCH3 is 1. The summed E-state index contributed by atoms with van der Waals surface area (Å²) in [6.45, 7) is 7.55. The maximum absolute atomic E-state index is 10.1. The Balaban J connectivity index is 1.36. The number of ether oxygens (including phenoxy) is 3. The van der Waals surface area contributed by atoms with Crippen LogP contribution in [0.5, 0.6) is 17.2 Å². The molecule has 5 rings (SSSR count). The molecule has 192 valence electrons. The van der Waals surface area contributed by atoms with Crippen LogP contribution in [-0.4, -0.2) is 56.6 Å². The van der Waals surface area contributed by atoms with Gasteiger partial charge in [-0.3, -0.25) is 4.90 Å². The molecule has 4 aromatic carbocycles. The van der Waals surface area contributed by atoms with Crippen LogP contribution in [0.4, 0.5) is 0 Å². The van der Waals surface area contributed by atoms with Crippen LogP contribution in [0.3, 0.4) is 0 Å². The van der Waals surface area contributed by atoms with Crippen LogP contribution in [0.2, 0.25) is 0 Å². The van der Waals surface area contributed by atoms with Crippen molar-refractivity contribution in [1.82, 2.24) is 4.90 Å². The summed E-state index contributed by atoms with van der Waals surface area (Å²) in [5, 5.41) is 12.2. The van der Waals surface area contributed by atoms with E-state index < -0.39 is 0 Å². The topological polar surface area (TPSA) is 51.2 Å². The Labute approximate surface area is 219 Å². The first kappa shape index (κ1) is 25.1. The van der Waals surface area contributed by atoms with Gasteiger partial charge in [-0.15, -0.1) is 0 Å². The van der Waals surface area contributed by atoms with Crippen molar-refractivity contribution in [2.75, 3.05) is 46.6 Å². The van der Waals surface area contributed by atoms with E-state index >= 15 is 0 Å². The molecule has 1 aliphatic heterocycles. The first-order chi connectivity index (χ1) is 18.1. The van der Waals surface area contributed by atoms with E-state index in [0.29, 0.717) is 6.61 Å². The van der Waals surface area contributed by atoms with Crippen LogP contribution in [0, 0.1) is 6.92 Å². The summed E-state index contributed by atoms with van der Waals surface area (Å²) in [5.41, 5.74) is 5.89. The lowest BCUT2D eigenvalue weighted by molar-refractivity contribution is 0.0358. The van der Waals surface area contributed by atoms with Crippen molar-refractivity contribution in [3.05, 3.63) is 89.5 Å². The number of hydrogen-bond acceptors (Lipinski definition) is 5. The maximum atomic E-state index is 10.1. The zero-order valence-corrected chi connectivity index (χ0v) is 21.7. The molecule has 5 nitrogen and oxygen atoms in total. The molecular formula is C32H35NO4. The molecule has 5 heteroatoms. The summed E-state index contributed by atoms with van der Waals surface area (Å²) in [6, 6.07) is 24.5. The van der Waals surface area contributed by atoms with Gasteiger partial charge in [0.15, 0.2) is 0 Å². The van der Waals surface area contributed by atoms with Gasteiger partial charge in [0.05, 0.1) is 26.9 Å². The molecule has 1 saturated heterocycles. The molecule has 0 aromatic heterocycles. The van der Waals surface area contributed by atoms with Crippen molar-refractivity contribution in [1.29, 1.82) is 0 Å². The molecule has 0 saturated carbocycles. The number of morpholine rings is 1. The van der Waals surface area contributed by atoms with Gasteiger partial charge in [0.2, 0.25) is 0 Å². The summed E-state index contributed by atoms with van der Waals surface area (Å²) in [6.07, 6.45) is 1.78. The van der Waals surface area contributed by atoms with Gasteiger partial charge in [0.1, 0.15) is 17.2 Å². The minimum absolute atomic E-state index is 0.277. The Kier molecular flexibility index (Phi) is 7.93. The molecule has 0 bridgehead atoms. The zero-order chi connectivity index (χ0) is 25.6. The normalized spacial score (nSPS) is 14.1. The minimum atomic E-state index is 0.277. The molecule has 1 N–H and O–H groups in total. The third kappa shape index (κ3) is 5.90. The number of benzene rings is 4. The van der Waals surface area contributed by atoms with E-state index in [-0.39, 0.29) is 5.75 Å². The fraction of sp³-hybridized carbons (Fsp3) is 0.312. The van der Waals surface area contributed by atoms with Crippen molar-refractivity contribution in [2.24, 2.45) is 0 Å². The minimum Gasteiger partial charge on any atom is -0.508 e. The van der Waals surface area contributed by atoms with Crippen LogP contribution < -0.4 is 9.47 Å². The van der Waals surface area contributed by atoms with Gasteiger partial charge in [-0.2, -0.15) is 0 Å². The molecule has 1 heterocycles. The number of rotatable bonds is 9. The predicted molar refractivity (Wildman–Crippen MR) is 149 cm³/mol. The second kappa shape index (κ2) is 11.7. The van der Waals surface area contributed by atoms with Crippen molar-refractivity contribution < 1.29 is 19.3 Å². The molecular weight excluding hydrogens is 462 g/mol. The Morgan fingerprint density at radius 1 is 0.919 bits per heavy atom. The van der Waals surface area contributed by atoms with Gasteiger partial charge in [0, 0.05) is 19.6 Å². The van der Waals surface area contributed by atoms with E-state index in [2.05, 4.69) is 54.3 Å². The highest BCUT2D eigenvalue weighted by molar-refractivity contribution is 5.93. The maximum Gasteiger partial charge on any atom is 0.122 e. The summed E-state index contributed by atoms with van der Waals surface area (Å²) in [4.78, 5) is 2.43. The third-order valence-electron chi connectivity index (χ3n) is 7.20. The van der Waals surface area contributed by atoms with Gasteiger partial charge < -0.3 is 19.3 Å². The highest BCUT2D eigenvalue weighted by Crippen LogP contribution is 2.37. The van der Waals surface area contributed by atoms with Gasteiger partial charge in [0.25, 0.3) is 0 Å².